The zero-order valence-corrected chi connectivity index (χ0v) is 12.9. The number of hydrogen-bond acceptors (Lipinski definition) is 3. The first-order chi connectivity index (χ1) is 9.90. The summed E-state index contributed by atoms with van der Waals surface area (Å²) in [7, 11) is 0. The summed E-state index contributed by atoms with van der Waals surface area (Å²) in [6.45, 7) is 5.60. The van der Waals surface area contributed by atoms with Gasteiger partial charge < -0.3 is 15.7 Å². The van der Waals surface area contributed by atoms with E-state index in [1.807, 2.05) is 32.9 Å². The van der Waals surface area contributed by atoms with Crippen LogP contribution in [0, 0.1) is 12.3 Å². The number of amides is 1. The van der Waals surface area contributed by atoms with Crippen molar-refractivity contribution >= 4 is 17.6 Å². The van der Waals surface area contributed by atoms with Crippen LogP contribution in [0.4, 0.5) is 5.69 Å². The summed E-state index contributed by atoms with van der Waals surface area (Å²) in [6.07, 6.45) is 1.17. The Kier molecular flexibility index (Phi) is 5.90. The fourth-order valence-electron chi connectivity index (χ4n) is 2.36. The molecule has 5 heteroatoms. The van der Waals surface area contributed by atoms with Crippen molar-refractivity contribution in [2.45, 2.75) is 33.6 Å². The van der Waals surface area contributed by atoms with Crippen LogP contribution >= 0.6 is 0 Å². The molecule has 5 nitrogen and oxygen atoms in total. The molecule has 1 amide bonds. The predicted molar refractivity (Wildman–Crippen MR) is 83.2 cm³/mol. The van der Waals surface area contributed by atoms with E-state index in [0.29, 0.717) is 18.5 Å². The van der Waals surface area contributed by atoms with Gasteiger partial charge in [-0.2, -0.15) is 0 Å². The second kappa shape index (κ2) is 7.22. The molecule has 1 rings (SSSR count). The maximum atomic E-state index is 12.9. The molecule has 0 aliphatic heterocycles. The monoisotopic (exact) mass is 292 g/mol. The lowest BCUT2D eigenvalue weighted by atomic mass is 9.80. The standard InChI is InChI=1S/C16H24N2O3/c1-4-16(5-2,11-17)15(21)18(10-14(19)20)13-8-6-12(3)7-9-13/h6-9H,4-5,10-11,17H2,1-3H3,(H,19,20). The van der Waals surface area contributed by atoms with E-state index in [9.17, 15) is 9.59 Å². The highest BCUT2D eigenvalue weighted by Gasteiger charge is 2.38. The van der Waals surface area contributed by atoms with E-state index in [0.717, 1.165) is 5.56 Å². The number of nitrogens with zero attached hydrogens (tertiary/aromatic N) is 1. The van der Waals surface area contributed by atoms with Crippen LogP contribution in [-0.4, -0.2) is 30.1 Å². The Bertz CT molecular complexity index is 484. The molecule has 0 unspecified atom stereocenters. The molecule has 0 aromatic heterocycles. The minimum Gasteiger partial charge on any atom is -0.480 e. The first-order valence-corrected chi connectivity index (χ1v) is 7.20. The van der Waals surface area contributed by atoms with E-state index in [4.69, 9.17) is 10.8 Å². The highest BCUT2D eigenvalue weighted by atomic mass is 16.4. The normalized spacial score (nSPS) is 11.2. The SMILES string of the molecule is CCC(CC)(CN)C(=O)N(CC(=O)O)c1ccc(C)cc1. The Labute approximate surface area is 125 Å². The van der Waals surface area contributed by atoms with Gasteiger partial charge in [0.05, 0.1) is 5.41 Å². The van der Waals surface area contributed by atoms with Gasteiger partial charge in [0.25, 0.3) is 0 Å². The summed E-state index contributed by atoms with van der Waals surface area (Å²) in [5, 5.41) is 9.11. The van der Waals surface area contributed by atoms with E-state index < -0.39 is 11.4 Å². The summed E-state index contributed by atoms with van der Waals surface area (Å²) >= 11 is 0. The third-order valence-electron chi connectivity index (χ3n) is 4.08. The highest BCUT2D eigenvalue weighted by Crippen LogP contribution is 2.30. The van der Waals surface area contributed by atoms with Crippen LogP contribution in [0.25, 0.3) is 0 Å². The number of carboxylic acids is 1. The van der Waals surface area contributed by atoms with E-state index in [1.165, 1.54) is 4.90 Å². The summed E-state index contributed by atoms with van der Waals surface area (Å²) in [4.78, 5) is 25.3. The molecule has 0 spiro atoms. The molecule has 0 aliphatic rings. The zero-order chi connectivity index (χ0) is 16.0. The van der Waals surface area contributed by atoms with Crippen molar-refractivity contribution in [3.05, 3.63) is 29.8 Å². The Hall–Kier alpha value is -1.88. The van der Waals surface area contributed by atoms with Crippen molar-refractivity contribution in [2.24, 2.45) is 11.1 Å². The molecule has 0 saturated heterocycles. The van der Waals surface area contributed by atoms with Gasteiger partial charge in [0.1, 0.15) is 6.54 Å². The van der Waals surface area contributed by atoms with Crippen LogP contribution in [0.15, 0.2) is 24.3 Å². The molecule has 0 bridgehead atoms. The molecule has 116 valence electrons. The summed E-state index contributed by atoms with van der Waals surface area (Å²) in [5.74, 6) is -1.26. The lowest BCUT2D eigenvalue weighted by Gasteiger charge is -2.34. The minimum absolute atomic E-state index is 0.209. The van der Waals surface area contributed by atoms with Crippen LogP contribution in [0.5, 0.6) is 0 Å². The zero-order valence-electron chi connectivity index (χ0n) is 12.9. The van der Waals surface area contributed by atoms with Gasteiger partial charge >= 0.3 is 5.97 Å². The fourth-order valence-corrected chi connectivity index (χ4v) is 2.36. The van der Waals surface area contributed by atoms with Gasteiger partial charge in [-0.25, -0.2) is 0 Å². The first kappa shape index (κ1) is 17.2. The van der Waals surface area contributed by atoms with Gasteiger partial charge in [0.15, 0.2) is 0 Å². The van der Waals surface area contributed by atoms with Crippen molar-refractivity contribution in [2.75, 3.05) is 18.0 Å². The van der Waals surface area contributed by atoms with Crippen LogP contribution in [0.3, 0.4) is 0 Å². The van der Waals surface area contributed by atoms with Crippen molar-refractivity contribution in [1.82, 2.24) is 0 Å². The van der Waals surface area contributed by atoms with Crippen LogP contribution in [0.2, 0.25) is 0 Å². The predicted octanol–water partition coefficient (Wildman–Crippen LogP) is 2.18. The van der Waals surface area contributed by atoms with Gasteiger partial charge in [0, 0.05) is 12.2 Å². The number of aliphatic carboxylic acids is 1. The number of anilines is 1. The number of nitrogens with two attached hydrogens (primary N) is 1. The third-order valence-corrected chi connectivity index (χ3v) is 4.08. The molecule has 1 aromatic carbocycles. The average molecular weight is 292 g/mol. The minimum atomic E-state index is -1.04. The molecule has 21 heavy (non-hydrogen) atoms. The summed E-state index contributed by atoms with van der Waals surface area (Å²) in [6, 6.07) is 7.25. The van der Waals surface area contributed by atoms with E-state index in [-0.39, 0.29) is 19.0 Å². The molecular formula is C16H24N2O3. The van der Waals surface area contributed by atoms with Gasteiger partial charge in [-0.05, 0) is 31.9 Å². The van der Waals surface area contributed by atoms with E-state index >= 15 is 0 Å². The molecular weight excluding hydrogens is 268 g/mol. The van der Waals surface area contributed by atoms with Crippen LogP contribution in [-0.2, 0) is 9.59 Å². The molecule has 0 radical (unpaired) electrons. The number of rotatable bonds is 7. The number of carbonyl (C=O) groups excluding carboxylic acids is 1. The quantitative estimate of drug-likeness (QED) is 0.806. The number of carbonyl (C=O) groups is 2. The van der Waals surface area contributed by atoms with E-state index in [1.54, 1.807) is 12.1 Å². The second-order valence-corrected chi connectivity index (χ2v) is 5.31. The van der Waals surface area contributed by atoms with Crippen LogP contribution in [0.1, 0.15) is 32.3 Å². The van der Waals surface area contributed by atoms with Crippen molar-refractivity contribution in [3.8, 4) is 0 Å². The Morgan fingerprint density at radius 3 is 2.10 bits per heavy atom. The second-order valence-electron chi connectivity index (χ2n) is 5.31. The summed E-state index contributed by atoms with van der Waals surface area (Å²) < 4.78 is 0. The van der Waals surface area contributed by atoms with Gasteiger partial charge in [-0.1, -0.05) is 31.5 Å². The van der Waals surface area contributed by atoms with Gasteiger partial charge in [0.2, 0.25) is 5.91 Å². The smallest absolute Gasteiger partial charge is 0.323 e. The molecule has 3 N–H and O–H groups in total. The lowest BCUT2D eigenvalue weighted by Crippen LogP contribution is -2.49. The Balaban J connectivity index is 3.21. The number of carboxylic acid groups (broad SMARTS) is 1. The molecule has 0 saturated carbocycles. The average Bonchev–Trinajstić information content (AvgIpc) is 2.48. The topological polar surface area (TPSA) is 83.6 Å². The van der Waals surface area contributed by atoms with Crippen molar-refractivity contribution in [3.63, 3.8) is 0 Å². The van der Waals surface area contributed by atoms with Crippen molar-refractivity contribution < 1.29 is 14.7 Å². The summed E-state index contributed by atoms with van der Waals surface area (Å²) in [5.41, 5.74) is 6.74. The highest BCUT2D eigenvalue weighted by molar-refractivity contribution is 6.01. The Morgan fingerprint density at radius 2 is 1.71 bits per heavy atom. The Morgan fingerprint density at radius 1 is 1.19 bits per heavy atom. The third kappa shape index (κ3) is 3.82. The van der Waals surface area contributed by atoms with Gasteiger partial charge in [-0.3, -0.25) is 9.59 Å². The maximum Gasteiger partial charge on any atom is 0.323 e. The molecule has 0 atom stereocenters. The first-order valence-electron chi connectivity index (χ1n) is 7.20. The van der Waals surface area contributed by atoms with Crippen molar-refractivity contribution in [1.29, 1.82) is 0 Å². The molecule has 0 fully saturated rings. The fraction of sp³-hybridized carbons (Fsp3) is 0.500. The van der Waals surface area contributed by atoms with Crippen LogP contribution < -0.4 is 10.6 Å². The molecule has 0 heterocycles. The van der Waals surface area contributed by atoms with Gasteiger partial charge in [-0.15, -0.1) is 0 Å². The number of benzene rings is 1. The lowest BCUT2D eigenvalue weighted by molar-refractivity contribution is -0.138. The number of aryl methyl sites for hydroxylation is 1. The number of hydrogen-bond donors (Lipinski definition) is 2. The molecule has 1 aromatic rings. The van der Waals surface area contributed by atoms with E-state index in [2.05, 4.69) is 0 Å². The maximum absolute atomic E-state index is 12.9. The molecule has 0 aliphatic carbocycles. The largest absolute Gasteiger partial charge is 0.480 e.